The molecule has 0 N–H and O–H groups in total. The van der Waals surface area contributed by atoms with Gasteiger partial charge in [-0.25, -0.2) is 0 Å². The Morgan fingerprint density at radius 1 is 1.20 bits per heavy atom. The van der Waals surface area contributed by atoms with Crippen molar-refractivity contribution in [2.24, 2.45) is 0 Å². The van der Waals surface area contributed by atoms with Crippen LogP contribution in [0.5, 0.6) is 0 Å². The van der Waals surface area contributed by atoms with Crippen LogP contribution >= 0.6 is 0 Å². The van der Waals surface area contributed by atoms with Gasteiger partial charge in [-0.05, 0) is 53.6 Å². The van der Waals surface area contributed by atoms with Crippen molar-refractivity contribution in [2.45, 2.75) is 65.6 Å². The van der Waals surface area contributed by atoms with E-state index >= 15 is 0 Å². The van der Waals surface area contributed by atoms with Crippen LogP contribution in [-0.2, 0) is 0 Å². The smallest absolute Gasteiger partial charge is 0.0229 e. The fourth-order valence-electron chi connectivity index (χ4n) is 3.00. The number of rotatable bonds is 4. The van der Waals surface area contributed by atoms with E-state index in [0.717, 1.165) is 6.04 Å². The molecule has 1 aliphatic heterocycles. The Bertz CT molecular complexity index is 169. The largest absolute Gasteiger partial charge is 0.302 e. The quantitative estimate of drug-likeness (QED) is 0.707. The molecule has 0 radical (unpaired) electrons. The third-order valence-electron chi connectivity index (χ3n) is 3.54. The standard InChI is InChI=1S/C13H28N2/c1-6-14-9-7-8-13(10-14)15(11(2)3)12(4)5/h11-13H,6-10H2,1-5H3. The highest BCUT2D eigenvalue weighted by Crippen LogP contribution is 2.20. The Labute approximate surface area is 95.6 Å². The number of hydrogen-bond acceptors (Lipinski definition) is 2. The van der Waals surface area contributed by atoms with E-state index in [2.05, 4.69) is 44.4 Å². The fraction of sp³-hybridized carbons (Fsp3) is 1.00. The van der Waals surface area contributed by atoms with Gasteiger partial charge in [0.1, 0.15) is 0 Å². The second-order valence-electron chi connectivity index (χ2n) is 5.32. The summed E-state index contributed by atoms with van der Waals surface area (Å²) in [6.45, 7) is 15.4. The minimum Gasteiger partial charge on any atom is -0.302 e. The molecule has 0 aliphatic carbocycles. The van der Waals surface area contributed by atoms with E-state index in [0.29, 0.717) is 12.1 Å². The van der Waals surface area contributed by atoms with Gasteiger partial charge in [0.15, 0.2) is 0 Å². The van der Waals surface area contributed by atoms with Crippen molar-refractivity contribution in [2.75, 3.05) is 19.6 Å². The van der Waals surface area contributed by atoms with Crippen LogP contribution in [-0.4, -0.2) is 47.6 Å². The molecule has 0 aromatic heterocycles. The Hall–Kier alpha value is -0.0800. The van der Waals surface area contributed by atoms with Crippen molar-refractivity contribution in [3.05, 3.63) is 0 Å². The van der Waals surface area contributed by atoms with Crippen LogP contribution in [0.25, 0.3) is 0 Å². The number of likely N-dealkylation sites (tertiary alicyclic amines) is 1. The molecule has 0 bridgehead atoms. The molecule has 1 saturated heterocycles. The van der Waals surface area contributed by atoms with Crippen LogP contribution in [0.4, 0.5) is 0 Å². The molecule has 2 nitrogen and oxygen atoms in total. The van der Waals surface area contributed by atoms with Crippen LogP contribution in [0.3, 0.4) is 0 Å². The zero-order valence-electron chi connectivity index (χ0n) is 11.2. The molecule has 1 atom stereocenters. The number of piperidine rings is 1. The van der Waals surface area contributed by atoms with Crippen LogP contribution in [0.1, 0.15) is 47.5 Å². The van der Waals surface area contributed by atoms with Crippen LogP contribution in [0.2, 0.25) is 0 Å². The summed E-state index contributed by atoms with van der Waals surface area (Å²) in [5.74, 6) is 0. The number of nitrogens with zero attached hydrogens (tertiary/aromatic N) is 2. The van der Waals surface area contributed by atoms with E-state index in [1.807, 2.05) is 0 Å². The van der Waals surface area contributed by atoms with E-state index < -0.39 is 0 Å². The molecular weight excluding hydrogens is 184 g/mol. The highest BCUT2D eigenvalue weighted by molar-refractivity contribution is 4.83. The summed E-state index contributed by atoms with van der Waals surface area (Å²) in [7, 11) is 0. The average Bonchev–Trinajstić information content (AvgIpc) is 2.17. The highest BCUT2D eigenvalue weighted by Gasteiger charge is 2.27. The Balaban J connectivity index is 2.59. The summed E-state index contributed by atoms with van der Waals surface area (Å²) in [6.07, 6.45) is 2.75. The van der Waals surface area contributed by atoms with Gasteiger partial charge in [-0.15, -0.1) is 0 Å². The third kappa shape index (κ3) is 3.46. The molecule has 0 saturated carbocycles. The molecule has 1 heterocycles. The maximum Gasteiger partial charge on any atom is 0.0229 e. The van der Waals surface area contributed by atoms with Crippen molar-refractivity contribution < 1.29 is 0 Å². The van der Waals surface area contributed by atoms with E-state index in [4.69, 9.17) is 0 Å². The second kappa shape index (κ2) is 5.86. The van der Waals surface area contributed by atoms with Gasteiger partial charge in [0.25, 0.3) is 0 Å². The van der Waals surface area contributed by atoms with Gasteiger partial charge in [0.05, 0.1) is 0 Å². The normalized spacial score (nSPS) is 24.4. The summed E-state index contributed by atoms with van der Waals surface area (Å²) in [5.41, 5.74) is 0. The third-order valence-corrected chi connectivity index (χ3v) is 3.54. The lowest BCUT2D eigenvalue weighted by atomic mass is 10.0. The van der Waals surface area contributed by atoms with Crippen LogP contribution < -0.4 is 0 Å². The van der Waals surface area contributed by atoms with Gasteiger partial charge >= 0.3 is 0 Å². The Morgan fingerprint density at radius 2 is 1.80 bits per heavy atom. The zero-order valence-corrected chi connectivity index (χ0v) is 11.2. The summed E-state index contributed by atoms with van der Waals surface area (Å²) in [6, 6.07) is 2.12. The lowest BCUT2D eigenvalue weighted by Gasteiger charge is -2.43. The molecule has 1 rings (SSSR count). The van der Waals surface area contributed by atoms with E-state index in [1.165, 1.54) is 32.5 Å². The Kier molecular flexibility index (Phi) is 5.07. The van der Waals surface area contributed by atoms with E-state index in [9.17, 15) is 0 Å². The summed E-state index contributed by atoms with van der Waals surface area (Å²) in [4.78, 5) is 5.27. The maximum absolute atomic E-state index is 2.68. The van der Waals surface area contributed by atoms with Crippen molar-refractivity contribution >= 4 is 0 Å². The molecule has 2 heteroatoms. The van der Waals surface area contributed by atoms with Crippen LogP contribution in [0.15, 0.2) is 0 Å². The molecular formula is C13H28N2. The molecule has 15 heavy (non-hydrogen) atoms. The lowest BCUT2D eigenvalue weighted by molar-refractivity contribution is 0.0531. The van der Waals surface area contributed by atoms with E-state index in [1.54, 1.807) is 0 Å². The monoisotopic (exact) mass is 212 g/mol. The molecule has 1 unspecified atom stereocenters. The molecule has 0 aromatic carbocycles. The number of likely N-dealkylation sites (N-methyl/N-ethyl adjacent to an activating group) is 1. The molecule has 0 amide bonds. The summed E-state index contributed by atoms with van der Waals surface area (Å²) < 4.78 is 0. The average molecular weight is 212 g/mol. The van der Waals surface area contributed by atoms with Crippen molar-refractivity contribution in [3.8, 4) is 0 Å². The Morgan fingerprint density at radius 3 is 2.27 bits per heavy atom. The zero-order chi connectivity index (χ0) is 11.4. The molecule has 0 aromatic rings. The SMILES string of the molecule is CCN1CCCC(N(C(C)C)C(C)C)C1. The lowest BCUT2D eigenvalue weighted by Crippen LogP contribution is -2.52. The minimum absolute atomic E-state index is 0.673. The van der Waals surface area contributed by atoms with Crippen molar-refractivity contribution in [1.82, 2.24) is 9.80 Å². The summed E-state index contributed by atoms with van der Waals surface area (Å²) >= 11 is 0. The first-order chi connectivity index (χ1) is 7.06. The topological polar surface area (TPSA) is 6.48 Å². The second-order valence-corrected chi connectivity index (χ2v) is 5.32. The van der Waals surface area contributed by atoms with Crippen molar-refractivity contribution in [3.63, 3.8) is 0 Å². The first-order valence-corrected chi connectivity index (χ1v) is 6.56. The molecule has 0 spiro atoms. The number of hydrogen-bond donors (Lipinski definition) is 0. The predicted octanol–water partition coefficient (Wildman–Crippen LogP) is 2.59. The van der Waals surface area contributed by atoms with Gasteiger partial charge in [-0.3, -0.25) is 4.90 Å². The fourth-order valence-corrected chi connectivity index (χ4v) is 3.00. The van der Waals surface area contributed by atoms with E-state index in [-0.39, 0.29) is 0 Å². The van der Waals surface area contributed by atoms with Gasteiger partial charge in [-0.2, -0.15) is 0 Å². The predicted molar refractivity (Wildman–Crippen MR) is 67.2 cm³/mol. The molecule has 90 valence electrons. The van der Waals surface area contributed by atoms with Gasteiger partial charge in [0, 0.05) is 24.7 Å². The maximum atomic E-state index is 2.68. The molecule has 1 fully saturated rings. The van der Waals surface area contributed by atoms with Gasteiger partial charge < -0.3 is 4.90 Å². The highest BCUT2D eigenvalue weighted by atomic mass is 15.3. The van der Waals surface area contributed by atoms with Crippen molar-refractivity contribution in [1.29, 1.82) is 0 Å². The first kappa shape index (κ1) is 13.0. The summed E-state index contributed by atoms with van der Waals surface area (Å²) in [5, 5.41) is 0. The van der Waals surface area contributed by atoms with Gasteiger partial charge in [-0.1, -0.05) is 6.92 Å². The van der Waals surface area contributed by atoms with Gasteiger partial charge in [0.2, 0.25) is 0 Å². The minimum atomic E-state index is 0.673. The van der Waals surface area contributed by atoms with Crippen LogP contribution in [0, 0.1) is 0 Å². The molecule has 1 aliphatic rings. The first-order valence-electron chi connectivity index (χ1n) is 6.56.